The van der Waals surface area contributed by atoms with Crippen LogP contribution in [0.3, 0.4) is 0 Å². The number of para-hydroxylation sites is 2. The van der Waals surface area contributed by atoms with Crippen molar-refractivity contribution in [2.75, 3.05) is 19.0 Å². The second-order valence-electron chi connectivity index (χ2n) is 5.42. The van der Waals surface area contributed by atoms with E-state index in [1.165, 1.54) is 16.5 Å². The van der Waals surface area contributed by atoms with Crippen LogP contribution < -0.4 is 4.90 Å². The van der Waals surface area contributed by atoms with Gasteiger partial charge in [-0.15, -0.1) is 12.4 Å². The Kier molecular flexibility index (Phi) is 3.59. The normalized spacial score (nSPS) is 10.8. The molecular weight excluding hydrogens is 294 g/mol. The standard InChI is InChI=1S/C18H15N3.ClH/c1-21(2)16-9-5-6-12-10-11-15-18(17(12)16)20-14-8-4-3-7-13(14)19-15;/h3-11H,1-2H3;1H. The van der Waals surface area contributed by atoms with Crippen LogP contribution in [-0.2, 0) is 0 Å². The Morgan fingerprint density at radius 1 is 0.727 bits per heavy atom. The summed E-state index contributed by atoms with van der Waals surface area (Å²) >= 11 is 0. The fourth-order valence-corrected chi connectivity index (χ4v) is 2.81. The first-order valence-electron chi connectivity index (χ1n) is 6.99. The van der Waals surface area contributed by atoms with Gasteiger partial charge in [-0.3, -0.25) is 0 Å². The maximum absolute atomic E-state index is 4.86. The minimum atomic E-state index is 0. The van der Waals surface area contributed by atoms with Gasteiger partial charge in [0.15, 0.2) is 0 Å². The van der Waals surface area contributed by atoms with Gasteiger partial charge in [0.2, 0.25) is 0 Å². The molecular formula is C18H16ClN3. The van der Waals surface area contributed by atoms with E-state index in [1.54, 1.807) is 0 Å². The highest BCUT2D eigenvalue weighted by molar-refractivity contribution is 6.12. The molecule has 4 heteroatoms. The lowest BCUT2D eigenvalue weighted by Gasteiger charge is -2.16. The number of aromatic nitrogens is 2. The summed E-state index contributed by atoms with van der Waals surface area (Å²) in [4.78, 5) is 11.7. The molecule has 0 saturated heterocycles. The van der Waals surface area contributed by atoms with Crippen LogP contribution in [0.15, 0.2) is 54.6 Å². The van der Waals surface area contributed by atoms with Gasteiger partial charge >= 0.3 is 0 Å². The first-order chi connectivity index (χ1) is 10.2. The lowest BCUT2D eigenvalue weighted by molar-refractivity contribution is 1.14. The molecule has 3 nitrogen and oxygen atoms in total. The first kappa shape index (κ1) is 14.5. The molecule has 110 valence electrons. The largest absolute Gasteiger partial charge is 0.377 e. The maximum atomic E-state index is 4.86. The van der Waals surface area contributed by atoms with Gasteiger partial charge in [-0.1, -0.05) is 30.3 Å². The van der Waals surface area contributed by atoms with Crippen molar-refractivity contribution in [1.82, 2.24) is 9.97 Å². The Morgan fingerprint density at radius 3 is 2.18 bits per heavy atom. The number of anilines is 1. The summed E-state index contributed by atoms with van der Waals surface area (Å²) in [6.07, 6.45) is 0. The summed E-state index contributed by atoms with van der Waals surface area (Å²) in [5.74, 6) is 0. The van der Waals surface area contributed by atoms with E-state index < -0.39 is 0 Å². The molecule has 0 fully saturated rings. The van der Waals surface area contributed by atoms with Gasteiger partial charge in [-0.2, -0.15) is 0 Å². The number of hydrogen-bond acceptors (Lipinski definition) is 3. The minimum Gasteiger partial charge on any atom is -0.377 e. The van der Waals surface area contributed by atoms with Crippen LogP contribution >= 0.6 is 12.4 Å². The third-order valence-electron chi connectivity index (χ3n) is 3.81. The van der Waals surface area contributed by atoms with E-state index in [4.69, 9.17) is 9.97 Å². The third kappa shape index (κ3) is 2.14. The smallest absolute Gasteiger partial charge is 0.0993 e. The Balaban J connectivity index is 0.00000144. The predicted molar refractivity (Wildman–Crippen MR) is 96.1 cm³/mol. The number of halogens is 1. The highest BCUT2D eigenvalue weighted by atomic mass is 35.5. The lowest BCUT2D eigenvalue weighted by Crippen LogP contribution is -2.09. The van der Waals surface area contributed by atoms with Gasteiger partial charge in [0.25, 0.3) is 0 Å². The summed E-state index contributed by atoms with van der Waals surface area (Å²) in [6.45, 7) is 0. The highest BCUT2D eigenvalue weighted by Gasteiger charge is 2.10. The fourth-order valence-electron chi connectivity index (χ4n) is 2.81. The molecule has 1 aromatic heterocycles. The molecule has 4 rings (SSSR count). The van der Waals surface area contributed by atoms with E-state index in [0.717, 1.165) is 22.1 Å². The quantitative estimate of drug-likeness (QED) is 0.385. The molecule has 0 aliphatic heterocycles. The van der Waals surface area contributed by atoms with Gasteiger partial charge in [0.1, 0.15) is 0 Å². The number of rotatable bonds is 1. The van der Waals surface area contributed by atoms with Crippen molar-refractivity contribution in [2.45, 2.75) is 0 Å². The van der Waals surface area contributed by atoms with Crippen LogP contribution in [0.5, 0.6) is 0 Å². The first-order valence-corrected chi connectivity index (χ1v) is 6.99. The van der Waals surface area contributed by atoms with Crippen molar-refractivity contribution in [3.05, 3.63) is 54.6 Å². The number of benzene rings is 3. The summed E-state index contributed by atoms with van der Waals surface area (Å²) in [5.41, 5.74) is 4.95. The summed E-state index contributed by atoms with van der Waals surface area (Å²) < 4.78 is 0. The summed E-state index contributed by atoms with van der Waals surface area (Å²) in [6, 6.07) is 18.5. The van der Waals surface area contributed by atoms with Crippen molar-refractivity contribution in [1.29, 1.82) is 0 Å². The monoisotopic (exact) mass is 309 g/mol. The van der Waals surface area contributed by atoms with Crippen molar-refractivity contribution >= 4 is 50.9 Å². The van der Waals surface area contributed by atoms with Gasteiger partial charge in [0.05, 0.1) is 22.1 Å². The zero-order valence-electron chi connectivity index (χ0n) is 12.4. The van der Waals surface area contributed by atoms with Crippen LogP contribution in [0.1, 0.15) is 0 Å². The third-order valence-corrected chi connectivity index (χ3v) is 3.81. The second-order valence-corrected chi connectivity index (χ2v) is 5.42. The fraction of sp³-hybridized carbons (Fsp3) is 0.111. The van der Waals surface area contributed by atoms with Gasteiger partial charge in [0, 0.05) is 25.2 Å². The molecule has 0 spiro atoms. The molecule has 0 atom stereocenters. The van der Waals surface area contributed by atoms with Crippen molar-refractivity contribution < 1.29 is 0 Å². The summed E-state index contributed by atoms with van der Waals surface area (Å²) in [5, 5.41) is 2.36. The molecule has 3 aromatic carbocycles. The summed E-state index contributed by atoms with van der Waals surface area (Å²) in [7, 11) is 4.12. The van der Waals surface area contributed by atoms with Crippen molar-refractivity contribution in [3.63, 3.8) is 0 Å². The van der Waals surface area contributed by atoms with E-state index >= 15 is 0 Å². The van der Waals surface area contributed by atoms with E-state index in [2.05, 4.69) is 49.3 Å². The van der Waals surface area contributed by atoms with E-state index in [1.807, 2.05) is 24.3 Å². The lowest BCUT2D eigenvalue weighted by atomic mass is 10.1. The molecule has 0 aliphatic rings. The Labute approximate surface area is 135 Å². The van der Waals surface area contributed by atoms with Gasteiger partial charge in [-0.05, 0) is 29.7 Å². The Bertz CT molecular complexity index is 980. The zero-order valence-corrected chi connectivity index (χ0v) is 13.3. The number of fused-ring (bicyclic) bond motifs is 4. The predicted octanol–water partition coefficient (Wildman–Crippen LogP) is 4.42. The van der Waals surface area contributed by atoms with Crippen LogP contribution in [0.4, 0.5) is 5.69 Å². The molecule has 4 aromatic rings. The van der Waals surface area contributed by atoms with Crippen LogP contribution in [0, 0.1) is 0 Å². The SMILES string of the molecule is CN(C)c1cccc2ccc3nc4ccccc4nc3c12.Cl. The Hall–Kier alpha value is -2.39. The second kappa shape index (κ2) is 5.43. The molecule has 0 amide bonds. The molecule has 0 aliphatic carbocycles. The van der Waals surface area contributed by atoms with E-state index in [9.17, 15) is 0 Å². The Morgan fingerprint density at radius 2 is 1.45 bits per heavy atom. The van der Waals surface area contributed by atoms with Crippen LogP contribution in [0.2, 0.25) is 0 Å². The number of nitrogens with zero attached hydrogens (tertiary/aromatic N) is 3. The highest BCUT2D eigenvalue weighted by Crippen LogP contribution is 2.31. The van der Waals surface area contributed by atoms with Crippen LogP contribution in [0.25, 0.3) is 32.8 Å². The van der Waals surface area contributed by atoms with E-state index in [-0.39, 0.29) is 12.4 Å². The van der Waals surface area contributed by atoms with Gasteiger partial charge in [-0.25, -0.2) is 9.97 Å². The van der Waals surface area contributed by atoms with Gasteiger partial charge < -0.3 is 4.90 Å². The molecule has 1 heterocycles. The molecule has 0 N–H and O–H groups in total. The number of hydrogen-bond donors (Lipinski definition) is 0. The van der Waals surface area contributed by atoms with E-state index in [0.29, 0.717) is 0 Å². The molecule has 0 radical (unpaired) electrons. The maximum Gasteiger partial charge on any atom is 0.0993 e. The van der Waals surface area contributed by atoms with Crippen LogP contribution in [-0.4, -0.2) is 24.1 Å². The zero-order chi connectivity index (χ0) is 14.4. The molecule has 0 unspecified atom stereocenters. The van der Waals surface area contributed by atoms with Crippen molar-refractivity contribution in [2.24, 2.45) is 0 Å². The minimum absolute atomic E-state index is 0. The average Bonchev–Trinajstić information content (AvgIpc) is 2.52. The molecule has 22 heavy (non-hydrogen) atoms. The molecule has 0 bridgehead atoms. The average molecular weight is 310 g/mol. The topological polar surface area (TPSA) is 29.0 Å². The molecule has 0 saturated carbocycles. The van der Waals surface area contributed by atoms with Crippen molar-refractivity contribution in [3.8, 4) is 0 Å².